The van der Waals surface area contributed by atoms with Gasteiger partial charge in [-0.3, -0.25) is 19.2 Å². The average molecular weight is 1560 g/mol. The van der Waals surface area contributed by atoms with Gasteiger partial charge in [0.25, 0.3) is 0 Å². The number of nitrogens with one attached hydrogen (secondary N) is 6. The Morgan fingerprint density at radius 2 is 0.589 bits per heavy atom. The zero-order valence-corrected chi connectivity index (χ0v) is 71.8. The predicted molar refractivity (Wildman–Crippen MR) is 473 cm³/mol. The highest BCUT2D eigenvalue weighted by Gasteiger charge is 2.26. The van der Waals surface area contributed by atoms with Crippen molar-refractivity contribution in [3.05, 3.63) is 139 Å². The first kappa shape index (κ1) is 86.2. The number of allylic oxidation sites excluding steroid dienone is 8. The number of unbranched alkanes of at least 4 members (excludes halogenated alkanes) is 18. The second kappa shape index (κ2) is 42.8. The van der Waals surface area contributed by atoms with E-state index in [0.29, 0.717) is 51.6 Å². The van der Waals surface area contributed by atoms with E-state index in [2.05, 4.69) is 184 Å². The summed E-state index contributed by atoms with van der Waals surface area (Å²) in [6.07, 6.45) is 31.9. The molecule has 0 unspecified atom stereocenters. The van der Waals surface area contributed by atoms with E-state index in [4.69, 9.17) is 29.4 Å². The minimum Gasteiger partial charge on any atom is -0.469 e. The van der Waals surface area contributed by atoms with Gasteiger partial charge in [-0.2, -0.15) is 0 Å². The lowest BCUT2D eigenvalue weighted by Crippen LogP contribution is -2.24. The summed E-state index contributed by atoms with van der Waals surface area (Å²) < 4.78 is 10.2. The van der Waals surface area contributed by atoms with Crippen LogP contribution in [-0.2, 0) is 54.3 Å². The van der Waals surface area contributed by atoms with Crippen molar-refractivity contribution in [2.45, 2.75) is 289 Å². The van der Waals surface area contributed by atoms with Gasteiger partial charge in [-0.05, 0) is 270 Å². The third-order valence-corrected chi connectivity index (χ3v) is 26.4. The molecular weight excluding hydrogens is 1430 g/mol. The molecule has 16 nitrogen and oxygen atoms in total. The summed E-state index contributed by atoms with van der Waals surface area (Å²) in [5.74, 6) is 2.15. The topological polar surface area (TPSA) is 226 Å². The van der Waals surface area contributed by atoms with Crippen LogP contribution in [0.4, 0.5) is 0 Å². The number of methoxy groups -OCH3 is 2. The maximum atomic E-state index is 13.5. The summed E-state index contributed by atoms with van der Waals surface area (Å²) >= 11 is 0. The van der Waals surface area contributed by atoms with Crippen LogP contribution in [0.2, 0.25) is 0 Å². The van der Waals surface area contributed by atoms with Crippen LogP contribution in [-0.4, -0.2) is 102 Å². The number of H-pyrrole nitrogens is 4. The van der Waals surface area contributed by atoms with Crippen LogP contribution in [0.1, 0.15) is 325 Å². The summed E-state index contributed by atoms with van der Waals surface area (Å²) in [7, 11) is 7.01. The first-order valence-corrected chi connectivity index (χ1v) is 45.0. The van der Waals surface area contributed by atoms with Crippen molar-refractivity contribution >= 4 is 134 Å². The molecule has 2 amide bonds. The fourth-order valence-corrected chi connectivity index (χ4v) is 19.1. The summed E-state index contributed by atoms with van der Waals surface area (Å²) in [6.45, 7) is 27.3. The molecular formula is C94H128N10O6S2. The van der Waals surface area contributed by atoms with Crippen molar-refractivity contribution in [1.29, 1.82) is 0 Å². The van der Waals surface area contributed by atoms with Crippen molar-refractivity contribution in [2.75, 3.05) is 38.8 Å². The number of ether oxygens (including phenoxy) is 2. The maximum Gasteiger partial charge on any atom is 0.305 e. The molecule has 6 N–H and O–H groups in total. The second-order valence-electron chi connectivity index (χ2n) is 31.3. The van der Waals surface area contributed by atoms with Gasteiger partial charge in [-0.15, -0.1) is 0 Å². The average Bonchev–Trinajstić information content (AvgIpc) is 1.62. The molecule has 10 rings (SSSR count). The fraction of sp³-hybridized carbons (Fsp3) is 0.532. The van der Waals surface area contributed by atoms with Gasteiger partial charge >= 0.3 is 11.9 Å². The molecule has 602 valence electrons. The first-order chi connectivity index (χ1) is 54.3. The fourth-order valence-electron chi connectivity index (χ4n) is 16.8. The molecule has 10 heterocycles. The van der Waals surface area contributed by atoms with E-state index in [1.165, 1.54) is 167 Å². The van der Waals surface area contributed by atoms with Gasteiger partial charge in [0.2, 0.25) is 11.8 Å². The van der Waals surface area contributed by atoms with Crippen LogP contribution in [0, 0.1) is 27.7 Å². The molecule has 18 heteroatoms. The van der Waals surface area contributed by atoms with Gasteiger partial charge in [0, 0.05) is 94.4 Å². The minimum absolute atomic E-state index is 0.0635. The number of aromatic amines is 4. The smallest absolute Gasteiger partial charge is 0.305 e. The number of esters is 2. The minimum atomic E-state index is -0.258. The zero-order valence-electron chi connectivity index (χ0n) is 70.1. The number of nitrogens with zero attached hydrogens (tertiary/aromatic N) is 4. The van der Waals surface area contributed by atoms with Crippen LogP contribution in [0.5, 0.6) is 0 Å². The van der Waals surface area contributed by atoms with Crippen LogP contribution in [0.25, 0.3) is 88.7 Å². The Kier molecular flexibility index (Phi) is 32.9. The molecule has 112 heavy (non-hydrogen) atoms. The summed E-state index contributed by atoms with van der Waals surface area (Å²) in [6, 6.07) is 17.3. The van der Waals surface area contributed by atoms with E-state index < -0.39 is 0 Å². The molecule has 0 saturated heterocycles. The predicted octanol–water partition coefficient (Wildman–Crippen LogP) is 23.7. The number of hydrogen-bond acceptors (Lipinski definition) is 12. The van der Waals surface area contributed by atoms with Gasteiger partial charge in [0.1, 0.15) is 0 Å². The number of carbonyl (C=O) groups is 4. The summed E-state index contributed by atoms with van der Waals surface area (Å²) in [5.41, 5.74) is 33.4. The molecule has 6 aromatic rings. The lowest BCUT2D eigenvalue weighted by atomic mass is 9.98. The Balaban J connectivity index is 0.558. The monoisotopic (exact) mass is 1560 g/mol. The van der Waals surface area contributed by atoms with Crippen LogP contribution in [0.3, 0.4) is 0 Å². The van der Waals surface area contributed by atoms with Crippen LogP contribution in [0.15, 0.2) is 48.5 Å². The zero-order chi connectivity index (χ0) is 79.8. The van der Waals surface area contributed by atoms with Gasteiger partial charge in [0.15, 0.2) is 0 Å². The third kappa shape index (κ3) is 22.4. The van der Waals surface area contributed by atoms with Gasteiger partial charge in [-0.1, -0.05) is 152 Å². The summed E-state index contributed by atoms with van der Waals surface area (Å²) in [4.78, 5) is 87.9. The Morgan fingerprint density at radius 3 is 1.00 bits per heavy atom. The molecule has 0 aromatic carbocycles. The van der Waals surface area contributed by atoms with Crippen LogP contribution < -0.4 is 10.6 Å². The van der Waals surface area contributed by atoms with E-state index in [0.717, 1.165) is 191 Å². The van der Waals surface area contributed by atoms with E-state index in [1.807, 2.05) is 0 Å². The van der Waals surface area contributed by atoms with E-state index in [1.54, 1.807) is 0 Å². The summed E-state index contributed by atoms with van der Waals surface area (Å²) in [5, 5.41) is 6.47. The first-order valence-electron chi connectivity index (χ1n) is 42.5. The maximum absolute atomic E-state index is 13.5. The second-order valence-corrected chi connectivity index (χ2v) is 34.0. The molecule has 0 aliphatic carbocycles. The van der Waals surface area contributed by atoms with Crippen molar-refractivity contribution < 1.29 is 28.7 Å². The molecule has 0 radical (unpaired) electrons. The number of amides is 2. The quantitative estimate of drug-likeness (QED) is 0.0119. The standard InChI is InChI=1S/C94H128N10O6S2/c1-15-67-59(5)75-51-77-63(9)71(87(101-77)57-89-73(41-45-93(107)109-13)65(11)81(103-89)55-85-69(17-3)61(7)79(99-85)53-83(67)97-75)39-43-91(105)95-47-35-31-27-23-19-21-25-29-33-37-49-111-112-50-38-34-30-26-22-20-24-28-32-36-48-96-92(106)44-40-72-64(10)78-52-76-60(6)68(16-2)84(98-76)54-80-62(8)70(18-4)86(100-80)56-82-66(12)74(42-46-94(108)110-14)90(104-82)58-88(72)102-78/h51-58,97,99,102,104H,15-50H2,1-14H3,(H,95,105)(H,96,106). The number of aryl methyl sites for hydroxylation is 8. The number of carbonyl (C=O) groups excluding carboxylic acids is 4. The van der Waals surface area contributed by atoms with E-state index in [9.17, 15) is 19.2 Å². The van der Waals surface area contributed by atoms with E-state index in [-0.39, 0.29) is 36.6 Å². The molecule has 0 fully saturated rings. The highest BCUT2D eigenvalue weighted by Crippen LogP contribution is 2.41. The highest BCUT2D eigenvalue weighted by molar-refractivity contribution is 8.76. The molecule has 0 spiro atoms. The number of rotatable bonds is 43. The van der Waals surface area contributed by atoms with Gasteiger partial charge < -0.3 is 40.0 Å². The highest BCUT2D eigenvalue weighted by atomic mass is 33.1. The Morgan fingerprint density at radius 1 is 0.312 bits per heavy atom. The van der Waals surface area contributed by atoms with Gasteiger partial charge in [-0.25, -0.2) is 19.9 Å². The Hall–Kier alpha value is -8.22. The SMILES string of the molecule is CCC1=C(C)c2cc3[nH]c(cc4[nH]c(cc5nc(cc1n2)C(C)=C5CC)c(C)c4CCC(=O)OC)c(CCC(=O)NCCCCCCCCCCCCSSCCCCCCCCCCCCNC(=O)CCC1=C(C)c2cc4[nH]c(cc5[nH]c(cc6nc(cc1n2)C(CCC(=O)OC)=C6C)c(CC)c5C)c(CC)c4C)c3C. The molecule has 16 bridgehead atoms. The molecule has 0 saturated carbocycles. The Labute approximate surface area is 675 Å². The van der Waals surface area contributed by atoms with Crippen molar-refractivity contribution in [2.24, 2.45) is 0 Å². The van der Waals surface area contributed by atoms with Crippen molar-refractivity contribution in [1.82, 2.24) is 50.5 Å². The van der Waals surface area contributed by atoms with Crippen molar-refractivity contribution in [3.8, 4) is 0 Å². The number of fused-ring (bicyclic) bond motifs is 16. The molecule has 4 aliphatic heterocycles. The third-order valence-electron chi connectivity index (χ3n) is 23.9. The van der Waals surface area contributed by atoms with Crippen LogP contribution >= 0.6 is 21.6 Å². The largest absolute Gasteiger partial charge is 0.469 e. The molecule has 6 aromatic heterocycles. The van der Waals surface area contributed by atoms with Crippen molar-refractivity contribution in [3.63, 3.8) is 0 Å². The van der Waals surface area contributed by atoms with Gasteiger partial charge in [0.05, 0.1) is 59.8 Å². The number of hydrogen-bond donors (Lipinski definition) is 6. The van der Waals surface area contributed by atoms with E-state index >= 15 is 0 Å². The lowest BCUT2D eigenvalue weighted by Gasteiger charge is -2.08. The molecule has 4 aliphatic rings. The normalized spacial score (nSPS) is 13.0. The lowest BCUT2D eigenvalue weighted by molar-refractivity contribution is -0.141. The Bertz CT molecular complexity index is 4840. The number of aromatic nitrogens is 8. The molecule has 0 atom stereocenters.